The maximum Gasteiger partial charge on any atom is 0.0702 e. The molecule has 3 nitrogen and oxygen atoms in total. The maximum absolute atomic E-state index is 6.03. The average molecular weight is 456 g/mol. The standard InChI is InChI=1S/C32H29N3/c1-24-12-18-28(19-13-24)35(29-20-14-25(2)15-21-29)32-11-7-6-10-31(32)34(27-8-4-3-5-9-27)30-22-16-26(33)17-23-30/h3-23H,33H2,1-2H3. The molecule has 0 atom stereocenters. The van der Waals surface area contributed by atoms with Gasteiger partial charge in [0.1, 0.15) is 0 Å². The molecule has 0 spiro atoms. The lowest BCUT2D eigenvalue weighted by atomic mass is 10.1. The highest BCUT2D eigenvalue weighted by Crippen LogP contribution is 2.45. The van der Waals surface area contributed by atoms with E-state index in [9.17, 15) is 0 Å². The van der Waals surface area contributed by atoms with Crippen molar-refractivity contribution < 1.29 is 0 Å². The SMILES string of the molecule is Cc1ccc(N(c2ccc(C)cc2)c2ccccc2N(c2ccccc2)c2ccc(N)cc2)cc1. The molecule has 0 aromatic heterocycles. The number of nitrogens with zero attached hydrogens (tertiary/aromatic N) is 2. The second-order valence-electron chi connectivity index (χ2n) is 8.76. The Morgan fingerprint density at radius 3 is 1.17 bits per heavy atom. The minimum Gasteiger partial charge on any atom is -0.399 e. The van der Waals surface area contributed by atoms with Crippen molar-refractivity contribution in [3.05, 3.63) is 139 Å². The zero-order chi connectivity index (χ0) is 24.2. The molecule has 0 saturated carbocycles. The fraction of sp³-hybridized carbons (Fsp3) is 0.0625. The van der Waals surface area contributed by atoms with Gasteiger partial charge in [-0.2, -0.15) is 0 Å². The van der Waals surface area contributed by atoms with Crippen molar-refractivity contribution in [2.75, 3.05) is 15.5 Å². The molecule has 0 fully saturated rings. The van der Waals surface area contributed by atoms with Crippen molar-refractivity contribution in [2.45, 2.75) is 13.8 Å². The van der Waals surface area contributed by atoms with E-state index in [4.69, 9.17) is 5.73 Å². The third-order valence-electron chi connectivity index (χ3n) is 6.11. The molecular formula is C32H29N3. The van der Waals surface area contributed by atoms with Gasteiger partial charge in [0, 0.05) is 28.4 Å². The van der Waals surface area contributed by atoms with Gasteiger partial charge in [-0.15, -0.1) is 0 Å². The van der Waals surface area contributed by atoms with Gasteiger partial charge in [0.15, 0.2) is 0 Å². The summed E-state index contributed by atoms with van der Waals surface area (Å²) < 4.78 is 0. The molecule has 0 unspecified atom stereocenters. The largest absolute Gasteiger partial charge is 0.399 e. The first kappa shape index (κ1) is 22.3. The average Bonchev–Trinajstić information content (AvgIpc) is 2.89. The Hall–Kier alpha value is -4.50. The predicted octanol–water partition coefficient (Wildman–Crippen LogP) is 8.83. The first-order valence-corrected chi connectivity index (χ1v) is 11.8. The van der Waals surface area contributed by atoms with Crippen LogP contribution in [0.4, 0.5) is 39.8 Å². The van der Waals surface area contributed by atoms with Crippen LogP contribution >= 0.6 is 0 Å². The molecule has 172 valence electrons. The normalized spacial score (nSPS) is 10.7. The lowest BCUT2D eigenvalue weighted by molar-refractivity contribution is 1.22. The van der Waals surface area contributed by atoms with Crippen LogP contribution in [-0.4, -0.2) is 0 Å². The van der Waals surface area contributed by atoms with Crippen molar-refractivity contribution in [1.29, 1.82) is 0 Å². The topological polar surface area (TPSA) is 32.5 Å². The molecule has 0 saturated heterocycles. The van der Waals surface area contributed by atoms with Crippen molar-refractivity contribution >= 4 is 39.8 Å². The van der Waals surface area contributed by atoms with Gasteiger partial charge < -0.3 is 15.5 Å². The third-order valence-corrected chi connectivity index (χ3v) is 6.11. The highest BCUT2D eigenvalue weighted by molar-refractivity contribution is 5.91. The number of hydrogen-bond donors (Lipinski definition) is 1. The van der Waals surface area contributed by atoms with E-state index in [1.165, 1.54) is 11.1 Å². The van der Waals surface area contributed by atoms with Gasteiger partial charge in [-0.05, 0) is 86.6 Å². The van der Waals surface area contributed by atoms with Crippen LogP contribution in [0.2, 0.25) is 0 Å². The van der Waals surface area contributed by atoms with Crippen LogP contribution in [-0.2, 0) is 0 Å². The van der Waals surface area contributed by atoms with Gasteiger partial charge in [-0.1, -0.05) is 65.7 Å². The van der Waals surface area contributed by atoms with Crippen molar-refractivity contribution in [3.8, 4) is 0 Å². The lowest BCUT2D eigenvalue weighted by Gasteiger charge is -2.33. The van der Waals surface area contributed by atoms with E-state index >= 15 is 0 Å². The van der Waals surface area contributed by atoms with E-state index < -0.39 is 0 Å². The molecule has 0 heterocycles. The molecule has 2 N–H and O–H groups in total. The zero-order valence-corrected chi connectivity index (χ0v) is 20.1. The summed E-state index contributed by atoms with van der Waals surface area (Å²) in [5, 5.41) is 0. The van der Waals surface area contributed by atoms with Crippen molar-refractivity contribution in [1.82, 2.24) is 0 Å². The minimum atomic E-state index is 0.746. The smallest absolute Gasteiger partial charge is 0.0702 e. The first-order chi connectivity index (χ1) is 17.1. The minimum absolute atomic E-state index is 0.746. The highest BCUT2D eigenvalue weighted by Gasteiger charge is 2.21. The number of nitrogen functional groups attached to an aromatic ring is 1. The lowest BCUT2D eigenvalue weighted by Crippen LogP contribution is -2.17. The van der Waals surface area contributed by atoms with E-state index in [1.807, 2.05) is 18.2 Å². The molecule has 0 aliphatic heterocycles. The van der Waals surface area contributed by atoms with E-state index in [0.717, 1.165) is 39.8 Å². The second-order valence-corrected chi connectivity index (χ2v) is 8.76. The summed E-state index contributed by atoms with van der Waals surface area (Å²) in [6, 6.07) is 44.4. The summed E-state index contributed by atoms with van der Waals surface area (Å²) in [6.45, 7) is 4.23. The quantitative estimate of drug-likeness (QED) is 0.260. The zero-order valence-electron chi connectivity index (χ0n) is 20.1. The molecule has 5 rings (SSSR count). The number of hydrogen-bond acceptors (Lipinski definition) is 3. The Balaban J connectivity index is 1.74. The van der Waals surface area contributed by atoms with E-state index in [0.29, 0.717) is 0 Å². The second kappa shape index (κ2) is 9.78. The summed E-state index contributed by atoms with van der Waals surface area (Å²) in [5.74, 6) is 0. The summed E-state index contributed by atoms with van der Waals surface area (Å²) in [7, 11) is 0. The Bertz CT molecular complexity index is 1350. The van der Waals surface area contributed by atoms with Crippen LogP contribution < -0.4 is 15.5 Å². The van der Waals surface area contributed by atoms with Crippen LogP contribution in [0.5, 0.6) is 0 Å². The maximum atomic E-state index is 6.03. The molecular weight excluding hydrogens is 426 g/mol. The molecule has 0 radical (unpaired) electrons. The van der Waals surface area contributed by atoms with Crippen LogP contribution in [0.15, 0.2) is 127 Å². The molecule has 5 aromatic rings. The molecule has 0 aliphatic rings. The van der Waals surface area contributed by atoms with Gasteiger partial charge in [-0.3, -0.25) is 0 Å². The fourth-order valence-corrected chi connectivity index (χ4v) is 4.28. The molecule has 0 aliphatic carbocycles. The van der Waals surface area contributed by atoms with Crippen LogP contribution in [0, 0.1) is 13.8 Å². The Morgan fingerprint density at radius 2 is 0.743 bits per heavy atom. The van der Waals surface area contributed by atoms with Crippen LogP contribution in [0.3, 0.4) is 0 Å². The van der Waals surface area contributed by atoms with Crippen LogP contribution in [0.25, 0.3) is 0 Å². The molecule has 35 heavy (non-hydrogen) atoms. The summed E-state index contributed by atoms with van der Waals surface area (Å²) in [5.41, 5.74) is 15.8. The summed E-state index contributed by atoms with van der Waals surface area (Å²) in [4.78, 5) is 4.60. The van der Waals surface area contributed by atoms with Crippen molar-refractivity contribution in [2.24, 2.45) is 0 Å². The van der Waals surface area contributed by atoms with Gasteiger partial charge in [-0.25, -0.2) is 0 Å². The number of para-hydroxylation sites is 3. The van der Waals surface area contributed by atoms with Gasteiger partial charge in [0.2, 0.25) is 0 Å². The van der Waals surface area contributed by atoms with Gasteiger partial charge >= 0.3 is 0 Å². The van der Waals surface area contributed by atoms with Gasteiger partial charge in [0.05, 0.1) is 11.4 Å². The summed E-state index contributed by atoms with van der Waals surface area (Å²) in [6.07, 6.45) is 0. The summed E-state index contributed by atoms with van der Waals surface area (Å²) >= 11 is 0. The number of rotatable bonds is 6. The molecule has 3 heteroatoms. The monoisotopic (exact) mass is 455 g/mol. The number of benzene rings is 5. The van der Waals surface area contributed by atoms with Gasteiger partial charge in [0.25, 0.3) is 0 Å². The Kier molecular flexibility index (Phi) is 6.23. The Labute approximate surface area is 207 Å². The molecule has 5 aromatic carbocycles. The number of aryl methyl sites for hydroxylation is 2. The van der Waals surface area contributed by atoms with E-state index in [2.05, 4.69) is 133 Å². The number of nitrogens with two attached hydrogens (primary N) is 1. The number of anilines is 7. The van der Waals surface area contributed by atoms with Crippen LogP contribution in [0.1, 0.15) is 11.1 Å². The van der Waals surface area contributed by atoms with E-state index in [1.54, 1.807) is 0 Å². The fourth-order valence-electron chi connectivity index (χ4n) is 4.28. The predicted molar refractivity (Wildman–Crippen MR) is 150 cm³/mol. The molecule has 0 amide bonds. The molecule has 0 bridgehead atoms. The first-order valence-electron chi connectivity index (χ1n) is 11.8. The third kappa shape index (κ3) is 4.75. The van der Waals surface area contributed by atoms with E-state index in [-0.39, 0.29) is 0 Å². The Morgan fingerprint density at radius 1 is 0.400 bits per heavy atom. The highest BCUT2D eigenvalue weighted by atomic mass is 15.2. The van der Waals surface area contributed by atoms with Crippen molar-refractivity contribution in [3.63, 3.8) is 0 Å².